The van der Waals surface area contributed by atoms with Gasteiger partial charge in [0.05, 0.1) is 12.8 Å². The highest BCUT2D eigenvalue weighted by Crippen LogP contribution is 2.11. The van der Waals surface area contributed by atoms with Gasteiger partial charge in [-0.3, -0.25) is 4.79 Å². The number of carbonyl (C=O) groups excluding carboxylic acids is 1. The van der Waals surface area contributed by atoms with E-state index in [4.69, 9.17) is 9.26 Å². The maximum atomic E-state index is 12.0. The number of rotatable bonds is 5. The monoisotopic (exact) mass is 290 g/mol. The number of aryl methyl sites for hydroxylation is 1. The molecule has 1 heterocycles. The van der Waals surface area contributed by atoms with Crippen molar-refractivity contribution in [3.63, 3.8) is 0 Å². The molecule has 0 atom stereocenters. The molecule has 0 aliphatic rings. The van der Waals surface area contributed by atoms with Gasteiger partial charge in [-0.25, -0.2) is 9.53 Å². The van der Waals surface area contributed by atoms with Gasteiger partial charge in [-0.1, -0.05) is 12.1 Å². The molecular formula is C15H18N2O4. The fraction of sp³-hybridized carbons (Fsp3) is 0.333. The summed E-state index contributed by atoms with van der Waals surface area (Å²) in [5.74, 6) is 0.385. The van der Waals surface area contributed by atoms with Crippen molar-refractivity contribution in [2.24, 2.45) is 7.05 Å². The second-order valence-corrected chi connectivity index (χ2v) is 4.69. The van der Waals surface area contributed by atoms with Gasteiger partial charge in [0, 0.05) is 13.6 Å². The fourth-order valence-electron chi connectivity index (χ4n) is 2.00. The van der Waals surface area contributed by atoms with Crippen LogP contribution >= 0.6 is 0 Å². The number of nitrogens with zero attached hydrogens (tertiary/aromatic N) is 1. The highest BCUT2D eigenvalue weighted by Gasteiger charge is 2.18. The number of amides is 1. The van der Waals surface area contributed by atoms with Gasteiger partial charge in [0.2, 0.25) is 0 Å². The quantitative estimate of drug-likeness (QED) is 0.900. The van der Waals surface area contributed by atoms with Gasteiger partial charge in [-0.15, -0.1) is 0 Å². The molecule has 0 radical (unpaired) electrons. The molecule has 6 heteroatoms. The number of nitrogens with one attached hydrogen (secondary N) is 1. The Morgan fingerprint density at radius 2 is 2.00 bits per heavy atom. The van der Waals surface area contributed by atoms with Crippen molar-refractivity contribution in [1.82, 2.24) is 10.1 Å². The van der Waals surface area contributed by atoms with Gasteiger partial charge in [-0.05, 0) is 31.0 Å². The Morgan fingerprint density at radius 3 is 2.52 bits per heavy atom. The summed E-state index contributed by atoms with van der Waals surface area (Å²) in [6.45, 7) is 2.11. The molecule has 1 aromatic heterocycles. The molecule has 21 heavy (non-hydrogen) atoms. The molecule has 1 amide bonds. The standard InChI is InChI=1S/C15H18N2O4/c1-10-13(15(19)21-17(10)2)14(18)16-9-8-11-4-6-12(20-3)7-5-11/h4-7H,8-9H2,1-3H3,(H,16,18). The van der Waals surface area contributed by atoms with Gasteiger partial charge >= 0.3 is 5.63 Å². The molecule has 1 N–H and O–H groups in total. The highest BCUT2D eigenvalue weighted by molar-refractivity contribution is 5.94. The Kier molecular flexibility index (Phi) is 4.47. The summed E-state index contributed by atoms with van der Waals surface area (Å²) >= 11 is 0. The third kappa shape index (κ3) is 3.34. The molecule has 1 aromatic carbocycles. The van der Waals surface area contributed by atoms with Crippen molar-refractivity contribution in [3.05, 3.63) is 51.5 Å². The van der Waals surface area contributed by atoms with Crippen LogP contribution in [0.2, 0.25) is 0 Å². The van der Waals surface area contributed by atoms with Crippen molar-refractivity contribution >= 4 is 5.91 Å². The molecule has 0 fully saturated rings. The van der Waals surface area contributed by atoms with E-state index in [1.54, 1.807) is 21.1 Å². The van der Waals surface area contributed by atoms with Gasteiger partial charge in [-0.2, -0.15) is 0 Å². The van der Waals surface area contributed by atoms with Crippen LogP contribution in [0.4, 0.5) is 0 Å². The minimum atomic E-state index is -0.614. The fourth-order valence-corrected chi connectivity index (χ4v) is 2.00. The van der Waals surface area contributed by atoms with E-state index in [1.807, 2.05) is 24.3 Å². The lowest BCUT2D eigenvalue weighted by molar-refractivity contribution is 0.0951. The normalized spacial score (nSPS) is 10.4. The minimum Gasteiger partial charge on any atom is -0.497 e. The maximum absolute atomic E-state index is 12.0. The molecule has 2 aromatic rings. The van der Waals surface area contributed by atoms with Gasteiger partial charge in [0.15, 0.2) is 0 Å². The third-order valence-corrected chi connectivity index (χ3v) is 3.34. The minimum absolute atomic E-state index is 0.0623. The van der Waals surface area contributed by atoms with Gasteiger partial charge < -0.3 is 14.6 Å². The van der Waals surface area contributed by atoms with E-state index >= 15 is 0 Å². The van der Waals surface area contributed by atoms with Crippen LogP contribution < -0.4 is 15.7 Å². The second-order valence-electron chi connectivity index (χ2n) is 4.69. The number of aromatic nitrogens is 1. The van der Waals surface area contributed by atoms with Crippen LogP contribution in [0.25, 0.3) is 0 Å². The van der Waals surface area contributed by atoms with E-state index in [0.29, 0.717) is 18.7 Å². The molecule has 0 saturated heterocycles. The van der Waals surface area contributed by atoms with E-state index < -0.39 is 11.5 Å². The molecule has 0 spiro atoms. The Morgan fingerprint density at radius 1 is 1.33 bits per heavy atom. The summed E-state index contributed by atoms with van der Waals surface area (Å²) < 4.78 is 11.2. The third-order valence-electron chi connectivity index (χ3n) is 3.34. The largest absolute Gasteiger partial charge is 0.497 e. The predicted octanol–water partition coefficient (Wildman–Crippen LogP) is 1.27. The van der Waals surface area contributed by atoms with Crippen molar-refractivity contribution in [1.29, 1.82) is 0 Å². The lowest BCUT2D eigenvalue weighted by Gasteiger charge is -2.05. The molecule has 0 unspecified atom stereocenters. The summed E-state index contributed by atoms with van der Waals surface area (Å²) in [6, 6.07) is 7.61. The molecule has 0 aliphatic heterocycles. The average molecular weight is 290 g/mol. The zero-order valence-corrected chi connectivity index (χ0v) is 12.3. The molecular weight excluding hydrogens is 272 g/mol. The van der Waals surface area contributed by atoms with Crippen LogP contribution in [0.15, 0.2) is 33.6 Å². The van der Waals surface area contributed by atoms with Crippen LogP contribution in [0.3, 0.4) is 0 Å². The molecule has 2 rings (SSSR count). The second kappa shape index (κ2) is 6.30. The van der Waals surface area contributed by atoms with Crippen molar-refractivity contribution in [2.75, 3.05) is 13.7 Å². The van der Waals surface area contributed by atoms with E-state index in [2.05, 4.69) is 5.32 Å². The first-order valence-electron chi connectivity index (χ1n) is 6.61. The van der Waals surface area contributed by atoms with E-state index in [1.165, 1.54) is 4.74 Å². The van der Waals surface area contributed by atoms with Gasteiger partial charge in [0.1, 0.15) is 11.3 Å². The number of benzene rings is 1. The summed E-state index contributed by atoms with van der Waals surface area (Å²) in [7, 11) is 3.20. The number of methoxy groups -OCH3 is 1. The predicted molar refractivity (Wildman–Crippen MR) is 77.7 cm³/mol. The van der Waals surface area contributed by atoms with Gasteiger partial charge in [0.25, 0.3) is 5.91 Å². The highest BCUT2D eigenvalue weighted by atomic mass is 16.5. The molecule has 0 bridgehead atoms. The summed E-state index contributed by atoms with van der Waals surface area (Å²) in [4.78, 5) is 23.5. The summed E-state index contributed by atoms with van der Waals surface area (Å²) in [5, 5.41) is 2.73. The van der Waals surface area contributed by atoms with Crippen molar-refractivity contribution in [3.8, 4) is 5.75 Å². The molecule has 0 saturated carbocycles. The number of hydrogen-bond acceptors (Lipinski definition) is 4. The summed E-state index contributed by atoms with van der Waals surface area (Å²) in [5.41, 5.74) is 1.04. The Balaban J connectivity index is 1.93. The van der Waals surface area contributed by atoms with Crippen LogP contribution in [0.5, 0.6) is 5.75 Å². The topological polar surface area (TPSA) is 73.5 Å². The molecule has 112 valence electrons. The van der Waals surface area contributed by atoms with Crippen LogP contribution in [0.1, 0.15) is 21.6 Å². The first kappa shape index (κ1) is 14.9. The van der Waals surface area contributed by atoms with Crippen LogP contribution in [0, 0.1) is 6.92 Å². The van der Waals surface area contributed by atoms with E-state index in [-0.39, 0.29) is 5.56 Å². The van der Waals surface area contributed by atoms with E-state index in [0.717, 1.165) is 11.3 Å². The zero-order valence-electron chi connectivity index (χ0n) is 12.3. The Labute approximate surface area is 122 Å². The van der Waals surface area contributed by atoms with Crippen LogP contribution in [-0.2, 0) is 13.5 Å². The average Bonchev–Trinajstić information content (AvgIpc) is 2.73. The van der Waals surface area contributed by atoms with Crippen molar-refractivity contribution in [2.45, 2.75) is 13.3 Å². The lowest BCUT2D eigenvalue weighted by atomic mass is 10.1. The number of hydrogen-bond donors (Lipinski definition) is 1. The lowest BCUT2D eigenvalue weighted by Crippen LogP contribution is -2.29. The van der Waals surface area contributed by atoms with E-state index in [9.17, 15) is 9.59 Å². The Bertz CT molecular complexity index is 683. The molecule has 6 nitrogen and oxygen atoms in total. The molecule has 0 aliphatic carbocycles. The first-order valence-corrected chi connectivity index (χ1v) is 6.61. The first-order chi connectivity index (χ1) is 10.0. The number of ether oxygens (including phenoxy) is 1. The van der Waals surface area contributed by atoms with Crippen molar-refractivity contribution < 1.29 is 14.1 Å². The smallest absolute Gasteiger partial charge is 0.370 e. The zero-order chi connectivity index (χ0) is 15.4. The maximum Gasteiger partial charge on any atom is 0.370 e. The summed E-state index contributed by atoms with van der Waals surface area (Å²) in [6.07, 6.45) is 0.674. The Hall–Kier alpha value is -2.50. The SMILES string of the molecule is COc1ccc(CCNC(=O)c2c(C)n(C)oc2=O)cc1. The number of carbonyl (C=O) groups is 1. The van der Waals surface area contributed by atoms with Crippen LogP contribution in [-0.4, -0.2) is 24.3 Å².